The Hall–Kier alpha value is -2.44. The molecule has 0 spiro atoms. The van der Waals surface area contributed by atoms with Crippen LogP contribution in [0.5, 0.6) is 0 Å². The van der Waals surface area contributed by atoms with Gasteiger partial charge in [-0.3, -0.25) is 9.88 Å². The number of hydrogen-bond acceptors (Lipinski definition) is 5. The summed E-state index contributed by atoms with van der Waals surface area (Å²) in [5.74, 6) is 0. The number of rotatable bonds is 2. The van der Waals surface area contributed by atoms with Crippen LogP contribution in [0, 0.1) is 6.92 Å². The van der Waals surface area contributed by atoms with Gasteiger partial charge in [0.2, 0.25) is 0 Å². The number of likely N-dealkylation sites (tertiary alicyclic amines) is 1. The topological polar surface area (TPSA) is 48.9 Å². The summed E-state index contributed by atoms with van der Waals surface area (Å²) in [6, 6.07) is 11.3. The molecule has 1 aromatic carbocycles. The number of benzene rings is 1. The second-order valence-corrected chi connectivity index (χ2v) is 9.59. The number of amides is 1. The third kappa shape index (κ3) is 4.39. The maximum Gasteiger partial charge on any atom is 0.410 e. The molecule has 0 saturated carbocycles. The van der Waals surface area contributed by atoms with Crippen LogP contribution >= 0.6 is 0 Å². The molecule has 2 atom stereocenters. The second-order valence-electron chi connectivity index (χ2n) is 9.59. The Kier molecular flexibility index (Phi) is 6.15. The van der Waals surface area contributed by atoms with E-state index in [4.69, 9.17) is 9.72 Å². The van der Waals surface area contributed by atoms with E-state index in [0.717, 1.165) is 51.9 Å². The summed E-state index contributed by atoms with van der Waals surface area (Å²) < 4.78 is 5.84. The van der Waals surface area contributed by atoms with Gasteiger partial charge in [0.25, 0.3) is 0 Å². The van der Waals surface area contributed by atoms with Crippen LogP contribution in [0.3, 0.4) is 0 Å². The van der Waals surface area contributed by atoms with E-state index in [9.17, 15) is 4.79 Å². The van der Waals surface area contributed by atoms with Gasteiger partial charge < -0.3 is 14.5 Å². The van der Waals surface area contributed by atoms with Gasteiger partial charge in [-0.2, -0.15) is 0 Å². The molecule has 32 heavy (non-hydrogen) atoms. The summed E-state index contributed by atoms with van der Waals surface area (Å²) in [5, 5.41) is 0. The molecule has 2 aliphatic heterocycles. The lowest BCUT2D eigenvalue weighted by Gasteiger charge is -2.40. The molecular formula is C26H34N4O2. The van der Waals surface area contributed by atoms with Crippen LogP contribution in [0.2, 0.25) is 0 Å². The number of hydrogen-bond donors (Lipinski definition) is 0. The highest BCUT2D eigenvalue weighted by Gasteiger charge is 2.34. The van der Waals surface area contributed by atoms with Gasteiger partial charge in [-0.05, 0) is 69.0 Å². The van der Waals surface area contributed by atoms with E-state index >= 15 is 0 Å². The Labute approximate surface area is 191 Å². The maximum atomic E-state index is 12.8. The van der Waals surface area contributed by atoms with Crippen molar-refractivity contribution >= 4 is 6.09 Å². The first-order valence-corrected chi connectivity index (χ1v) is 12.0. The van der Waals surface area contributed by atoms with Gasteiger partial charge in [-0.1, -0.05) is 29.8 Å². The second kappa shape index (κ2) is 9.20. The minimum atomic E-state index is -0.152. The van der Waals surface area contributed by atoms with Crippen molar-refractivity contribution in [3.05, 3.63) is 64.5 Å². The van der Waals surface area contributed by atoms with E-state index < -0.39 is 0 Å². The van der Waals surface area contributed by atoms with Crippen LogP contribution in [0.25, 0.3) is 0 Å². The fourth-order valence-electron chi connectivity index (χ4n) is 5.51. The molecule has 0 radical (unpaired) electrons. The van der Waals surface area contributed by atoms with Crippen molar-refractivity contribution in [1.82, 2.24) is 19.7 Å². The molecule has 2 fully saturated rings. The van der Waals surface area contributed by atoms with Gasteiger partial charge in [0.15, 0.2) is 0 Å². The lowest BCUT2D eigenvalue weighted by Crippen LogP contribution is -2.51. The molecule has 1 aromatic heterocycles. The highest BCUT2D eigenvalue weighted by molar-refractivity contribution is 5.68. The van der Waals surface area contributed by atoms with Crippen LogP contribution < -0.4 is 0 Å². The highest BCUT2D eigenvalue weighted by Crippen LogP contribution is 2.36. The first kappa shape index (κ1) is 21.4. The zero-order valence-electron chi connectivity index (χ0n) is 19.3. The fraction of sp³-hybridized carbons (Fsp3) is 0.538. The summed E-state index contributed by atoms with van der Waals surface area (Å²) in [5.41, 5.74) is 6.62. The van der Waals surface area contributed by atoms with E-state index in [0.29, 0.717) is 13.1 Å². The van der Waals surface area contributed by atoms with E-state index in [1.54, 1.807) is 0 Å². The minimum absolute atomic E-state index is 0.0207. The van der Waals surface area contributed by atoms with Gasteiger partial charge >= 0.3 is 6.09 Å². The summed E-state index contributed by atoms with van der Waals surface area (Å²) >= 11 is 0. The number of ether oxygens (including phenoxy) is 1. The lowest BCUT2D eigenvalue weighted by molar-refractivity contribution is 0.0159. The van der Waals surface area contributed by atoms with Crippen LogP contribution in [0.4, 0.5) is 4.79 Å². The number of aromatic nitrogens is 1. The molecule has 3 aliphatic rings. The average Bonchev–Trinajstić information content (AvgIpc) is 2.96. The Morgan fingerprint density at radius 2 is 1.88 bits per heavy atom. The molecule has 5 rings (SSSR count). The molecular weight excluding hydrogens is 400 g/mol. The molecule has 170 valence electrons. The average molecular weight is 435 g/mol. The predicted molar refractivity (Wildman–Crippen MR) is 125 cm³/mol. The van der Waals surface area contributed by atoms with Crippen molar-refractivity contribution in [2.24, 2.45) is 0 Å². The van der Waals surface area contributed by atoms with E-state index in [2.05, 4.69) is 48.0 Å². The molecule has 2 aromatic rings. The van der Waals surface area contributed by atoms with Crippen LogP contribution in [0.1, 0.15) is 46.8 Å². The first-order valence-electron chi connectivity index (χ1n) is 12.0. The SMILES string of the molecule is Cc1ccc2c(c1)CCc1cccnc1C2N1CCN(C(=O)OC2CCCN(C)C2)CC1. The van der Waals surface area contributed by atoms with Crippen molar-refractivity contribution in [3.8, 4) is 0 Å². The summed E-state index contributed by atoms with van der Waals surface area (Å²) in [6.07, 6.45) is 5.92. The summed E-state index contributed by atoms with van der Waals surface area (Å²) in [4.78, 5) is 24.3. The van der Waals surface area contributed by atoms with E-state index in [1.807, 2.05) is 17.2 Å². The van der Waals surface area contributed by atoms with Gasteiger partial charge in [-0.25, -0.2) is 4.79 Å². The number of carbonyl (C=O) groups excluding carboxylic acids is 1. The summed E-state index contributed by atoms with van der Waals surface area (Å²) in [7, 11) is 2.09. The number of piperazine rings is 1. The number of nitrogens with zero attached hydrogens (tertiary/aromatic N) is 4. The first-order chi connectivity index (χ1) is 15.6. The molecule has 2 saturated heterocycles. The molecule has 3 heterocycles. The van der Waals surface area contributed by atoms with Crippen molar-refractivity contribution in [2.75, 3.05) is 46.3 Å². The molecule has 6 heteroatoms. The number of pyridine rings is 1. The lowest BCUT2D eigenvalue weighted by atomic mass is 9.94. The van der Waals surface area contributed by atoms with E-state index in [-0.39, 0.29) is 18.2 Å². The smallest absolute Gasteiger partial charge is 0.410 e. The molecule has 6 nitrogen and oxygen atoms in total. The minimum Gasteiger partial charge on any atom is -0.445 e. The number of likely N-dealkylation sites (N-methyl/N-ethyl adjacent to an activating group) is 1. The Bertz CT molecular complexity index is 970. The normalized spacial score (nSPS) is 24.4. The molecule has 1 aliphatic carbocycles. The maximum absolute atomic E-state index is 12.8. The standard InChI is InChI=1S/C26H34N4O2/c1-19-7-10-23-21(17-19)9-8-20-5-3-11-27-24(20)25(23)29-13-15-30(16-14-29)26(31)32-22-6-4-12-28(2)18-22/h3,5,7,10-11,17,22,25H,4,6,8-9,12-16,18H2,1-2H3. The van der Waals surface area contributed by atoms with Crippen molar-refractivity contribution < 1.29 is 9.53 Å². The third-order valence-electron chi connectivity index (χ3n) is 7.23. The number of fused-ring (bicyclic) bond motifs is 2. The number of piperidine rings is 1. The zero-order chi connectivity index (χ0) is 22.1. The zero-order valence-corrected chi connectivity index (χ0v) is 19.3. The molecule has 0 N–H and O–H groups in total. The number of aryl methyl sites for hydroxylation is 3. The van der Waals surface area contributed by atoms with Crippen molar-refractivity contribution in [2.45, 2.75) is 44.8 Å². The summed E-state index contributed by atoms with van der Waals surface area (Å²) in [6.45, 7) is 7.14. The fourth-order valence-corrected chi connectivity index (χ4v) is 5.51. The quantitative estimate of drug-likeness (QED) is 0.725. The van der Waals surface area contributed by atoms with Gasteiger partial charge in [-0.15, -0.1) is 0 Å². The Morgan fingerprint density at radius 3 is 2.69 bits per heavy atom. The van der Waals surface area contributed by atoms with Crippen molar-refractivity contribution in [3.63, 3.8) is 0 Å². The van der Waals surface area contributed by atoms with Gasteiger partial charge in [0, 0.05) is 38.9 Å². The Balaban J connectivity index is 1.31. The monoisotopic (exact) mass is 434 g/mol. The number of carbonyl (C=O) groups is 1. The van der Waals surface area contributed by atoms with Gasteiger partial charge in [0.1, 0.15) is 6.10 Å². The van der Waals surface area contributed by atoms with Gasteiger partial charge in [0.05, 0.1) is 11.7 Å². The highest BCUT2D eigenvalue weighted by atomic mass is 16.6. The predicted octanol–water partition coefficient (Wildman–Crippen LogP) is 3.43. The van der Waals surface area contributed by atoms with Crippen LogP contribution in [-0.2, 0) is 17.6 Å². The third-order valence-corrected chi connectivity index (χ3v) is 7.23. The van der Waals surface area contributed by atoms with E-state index in [1.165, 1.54) is 27.9 Å². The molecule has 2 unspecified atom stereocenters. The van der Waals surface area contributed by atoms with Crippen LogP contribution in [0.15, 0.2) is 36.5 Å². The molecule has 0 bridgehead atoms. The van der Waals surface area contributed by atoms with Crippen molar-refractivity contribution in [1.29, 1.82) is 0 Å². The van der Waals surface area contributed by atoms with Crippen LogP contribution in [-0.4, -0.2) is 78.2 Å². The molecule has 1 amide bonds. The Morgan fingerprint density at radius 1 is 1.06 bits per heavy atom. The largest absolute Gasteiger partial charge is 0.445 e.